The van der Waals surface area contributed by atoms with E-state index in [-0.39, 0.29) is 6.09 Å². The van der Waals surface area contributed by atoms with Crippen molar-refractivity contribution in [1.29, 1.82) is 0 Å². The topological polar surface area (TPSA) is 84.8 Å². The summed E-state index contributed by atoms with van der Waals surface area (Å²) in [5.74, 6) is 0. The van der Waals surface area contributed by atoms with Crippen molar-refractivity contribution in [2.75, 3.05) is 42.5 Å². The van der Waals surface area contributed by atoms with Crippen LogP contribution in [0.3, 0.4) is 0 Å². The monoisotopic (exact) mass is 370 g/mol. The summed E-state index contributed by atoms with van der Waals surface area (Å²) in [7, 11) is 0. The van der Waals surface area contributed by atoms with E-state index in [1.54, 1.807) is 4.90 Å². The maximum absolute atomic E-state index is 12.0. The fourth-order valence-electron chi connectivity index (χ4n) is 2.65. The van der Waals surface area contributed by atoms with E-state index in [0.717, 1.165) is 30.2 Å². The predicted octanol–water partition coefficient (Wildman–Crippen LogP) is 3.59. The van der Waals surface area contributed by atoms with Gasteiger partial charge in [0, 0.05) is 43.2 Å². The summed E-state index contributed by atoms with van der Waals surface area (Å²) >= 11 is 0. The fourth-order valence-corrected chi connectivity index (χ4v) is 2.65. The zero-order valence-corrected chi connectivity index (χ0v) is 16.4. The molecule has 3 rings (SSSR count). The Morgan fingerprint density at radius 1 is 0.889 bits per heavy atom. The predicted molar refractivity (Wildman–Crippen MR) is 112 cm³/mol. The van der Waals surface area contributed by atoms with Crippen molar-refractivity contribution in [2.24, 2.45) is 0 Å². The second-order valence-electron chi connectivity index (χ2n) is 7.46. The molecule has 0 atom stereocenters. The van der Waals surface area contributed by atoms with Crippen molar-refractivity contribution in [3.8, 4) is 0 Å². The molecule has 146 valence electrons. The summed E-state index contributed by atoms with van der Waals surface area (Å²) in [4.78, 5) is 16.0. The van der Waals surface area contributed by atoms with E-state index in [1.807, 2.05) is 75.4 Å². The lowest BCUT2D eigenvalue weighted by atomic mass is 10.2. The minimum absolute atomic E-state index is 0.232. The van der Waals surface area contributed by atoms with Gasteiger partial charge in [-0.1, -0.05) is 24.3 Å². The van der Waals surface area contributed by atoms with Crippen LogP contribution in [0.5, 0.6) is 0 Å². The molecule has 0 aliphatic carbocycles. The van der Waals surface area contributed by atoms with Crippen LogP contribution in [0.15, 0.2) is 54.6 Å². The number of hydrogen-bond donors (Lipinski definition) is 2. The molecule has 0 bridgehead atoms. The Bertz CT molecular complexity index is 720. The standard InChI is InChI=1S/C15H23N3O2.C6H7N/c1-15(2,3)20-14(19)18-9-7-17(8-10-18)13-6-4-5-12(16)11-13;7-6-4-2-1-3-5-6/h4-6,11H,7-10,16H2,1-3H3;1-5H,7H2. The molecule has 0 spiro atoms. The largest absolute Gasteiger partial charge is 0.444 e. The SMILES string of the molecule is CC(C)(C)OC(=O)N1CCN(c2cccc(N)c2)CC1.Nc1ccccc1. The molecule has 1 heterocycles. The lowest BCUT2D eigenvalue weighted by Crippen LogP contribution is -2.50. The maximum atomic E-state index is 12.0. The van der Waals surface area contributed by atoms with Gasteiger partial charge in [0.2, 0.25) is 0 Å². The lowest BCUT2D eigenvalue weighted by molar-refractivity contribution is 0.0240. The van der Waals surface area contributed by atoms with Crippen molar-refractivity contribution < 1.29 is 9.53 Å². The van der Waals surface area contributed by atoms with Crippen molar-refractivity contribution >= 4 is 23.2 Å². The average Bonchev–Trinajstić information content (AvgIpc) is 2.62. The van der Waals surface area contributed by atoms with Crippen LogP contribution in [0, 0.1) is 0 Å². The van der Waals surface area contributed by atoms with E-state index >= 15 is 0 Å². The Morgan fingerprint density at radius 3 is 1.96 bits per heavy atom. The van der Waals surface area contributed by atoms with Gasteiger partial charge in [0.1, 0.15) is 5.60 Å². The van der Waals surface area contributed by atoms with E-state index < -0.39 is 5.60 Å². The van der Waals surface area contributed by atoms with Gasteiger partial charge in [-0.3, -0.25) is 0 Å². The van der Waals surface area contributed by atoms with Crippen LogP contribution in [0.25, 0.3) is 0 Å². The second-order valence-corrected chi connectivity index (χ2v) is 7.46. The quantitative estimate of drug-likeness (QED) is 0.749. The van der Waals surface area contributed by atoms with Crippen LogP contribution >= 0.6 is 0 Å². The molecule has 1 fully saturated rings. The van der Waals surface area contributed by atoms with Crippen LogP contribution < -0.4 is 16.4 Å². The van der Waals surface area contributed by atoms with E-state index in [9.17, 15) is 4.79 Å². The van der Waals surface area contributed by atoms with E-state index in [0.29, 0.717) is 13.1 Å². The number of piperazine rings is 1. The fraction of sp³-hybridized carbons (Fsp3) is 0.381. The molecule has 0 radical (unpaired) electrons. The average molecular weight is 370 g/mol. The first-order valence-corrected chi connectivity index (χ1v) is 9.13. The molecule has 2 aromatic carbocycles. The Morgan fingerprint density at radius 2 is 1.48 bits per heavy atom. The van der Waals surface area contributed by atoms with Gasteiger partial charge in [0.15, 0.2) is 0 Å². The van der Waals surface area contributed by atoms with Crippen LogP contribution in [-0.4, -0.2) is 42.8 Å². The Kier molecular flexibility index (Phi) is 6.93. The number of amides is 1. The molecule has 4 N–H and O–H groups in total. The first kappa shape index (κ1) is 20.4. The van der Waals surface area contributed by atoms with Gasteiger partial charge in [0.25, 0.3) is 0 Å². The molecule has 1 amide bonds. The third-order valence-corrected chi connectivity index (χ3v) is 3.97. The summed E-state index contributed by atoms with van der Waals surface area (Å²) in [6, 6.07) is 17.3. The molecule has 6 nitrogen and oxygen atoms in total. The maximum Gasteiger partial charge on any atom is 0.410 e. The molecule has 1 aliphatic rings. The Labute approximate surface area is 161 Å². The molecule has 0 saturated carbocycles. The number of hydrogen-bond acceptors (Lipinski definition) is 5. The summed E-state index contributed by atoms with van der Waals surface area (Å²) in [6.45, 7) is 8.58. The Hall–Kier alpha value is -2.89. The van der Waals surface area contributed by atoms with Crippen molar-refractivity contribution in [3.63, 3.8) is 0 Å². The van der Waals surface area contributed by atoms with E-state index in [1.165, 1.54) is 0 Å². The molecule has 6 heteroatoms. The van der Waals surface area contributed by atoms with Crippen LogP contribution in [0.4, 0.5) is 21.9 Å². The first-order chi connectivity index (χ1) is 12.7. The highest BCUT2D eigenvalue weighted by Gasteiger charge is 2.25. The number of ether oxygens (including phenoxy) is 1. The van der Waals surface area contributed by atoms with Crippen LogP contribution in [0.2, 0.25) is 0 Å². The lowest BCUT2D eigenvalue weighted by Gasteiger charge is -2.36. The molecular formula is C21H30N4O2. The normalized spacial score (nSPS) is 14.2. The zero-order valence-electron chi connectivity index (χ0n) is 16.4. The Balaban J connectivity index is 0.000000313. The highest BCUT2D eigenvalue weighted by Crippen LogP contribution is 2.20. The first-order valence-electron chi connectivity index (χ1n) is 9.13. The molecule has 1 aliphatic heterocycles. The molecular weight excluding hydrogens is 340 g/mol. The highest BCUT2D eigenvalue weighted by molar-refractivity contribution is 5.68. The van der Waals surface area contributed by atoms with Gasteiger partial charge < -0.3 is 26.0 Å². The van der Waals surface area contributed by atoms with Crippen molar-refractivity contribution in [3.05, 3.63) is 54.6 Å². The third kappa shape index (κ3) is 7.09. The number of carbonyl (C=O) groups excluding carboxylic acids is 1. The van der Waals surface area contributed by atoms with E-state index in [2.05, 4.69) is 4.90 Å². The number of para-hydroxylation sites is 1. The number of nitrogens with zero attached hydrogens (tertiary/aromatic N) is 2. The third-order valence-electron chi connectivity index (χ3n) is 3.97. The number of rotatable bonds is 1. The van der Waals surface area contributed by atoms with Gasteiger partial charge >= 0.3 is 6.09 Å². The molecule has 0 aromatic heterocycles. The van der Waals surface area contributed by atoms with Gasteiger partial charge in [-0.2, -0.15) is 0 Å². The molecule has 2 aromatic rings. The number of benzene rings is 2. The molecule has 1 saturated heterocycles. The van der Waals surface area contributed by atoms with Gasteiger partial charge in [-0.15, -0.1) is 0 Å². The summed E-state index contributed by atoms with van der Waals surface area (Å²) in [6.07, 6.45) is -0.232. The number of nitrogens with two attached hydrogens (primary N) is 2. The summed E-state index contributed by atoms with van der Waals surface area (Å²) in [5.41, 5.74) is 13.4. The summed E-state index contributed by atoms with van der Waals surface area (Å²) < 4.78 is 5.39. The number of anilines is 3. The van der Waals surface area contributed by atoms with Crippen molar-refractivity contribution in [1.82, 2.24) is 4.90 Å². The number of carbonyl (C=O) groups is 1. The summed E-state index contributed by atoms with van der Waals surface area (Å²) in [5, 5.41) is 0. The number of nitrogen functional groups attached to an aromatic ring is 2. The van der Waals surface area contributed by atoms with Crippen LogP contribution in [0.1, 0.15) is 20.8 Å². The van der Waals surface area contributed by atoms with Crippen LogP contribution in [-0.2, 0) is 4.74 Å². The van der Waals surface area contributed by atoms with E-state index in [4.69, 9.17) is 16.2 Å². The minimum atomic E-state index is -0.442. The zero-order chi connectivity index (χ0) is 19.9. The van der Waals surface area contributed by atoms with Crippen molar-refractivity contribution in [2.45, 2.75) is 26.4 Å². The molecule has 0 unspecified atom stereocenters. The smallest absolute Gasteiger partial charge is 0.410 e. The molecule has 27 heavy (non-hydrogen) atoms. The second kappa shape index (κ2) is 9.16. The minimum Gasteiger partial charge on any atom is -0.444 e. The van der Waals surface area contributed by atoms with Gasteiger partial charge in [-0.25, -0.2) is 4.79 Å². The van der Waals surface area contributed by atoms with Gasteiger partial charge in [-0.05, 0) is 51.1 Å². The van der Waals surface area contributed by atoms with Gasteiger partial charge in [0.05, 0.1) is 0 Å². The highest BCUT2D eigenvalue weighted by atomic mass is 16.6.